The number of piperidine rings is 1. The minimum absolute atomic E-state index is 0.0787. The Morgan fingerprint density at radius 3 is 2.62 bits per heavy atom. The van der Waals surface area contributed by atoms with E-state index in [1.807, 2.05) is 17.0 Å². The molecule has 0 aromatic carbocycles. The van der Waals surface area contributed by atoms with E-state index in [2.05, 4.69) is 26.2 Å². The van der Waals surface area contributed by atoms with Gasteiger partial charge in [-0.2, -0.15) is 0 Å². The van der Waals surface area contributed by atoms with Gasteiger partial charge in [-0.3, -0.25) is 9.59 Å². The SMILES string of the molecule is CC1(C)OC2(CCN(C(=O)CCc3ccc(Br)nc3)CC2)NC1=O. The number of carbonyl (C=O) groups is 2. The molecule has 2 saturated heterocycles. The third kappa shape index (κ3) is 3.62. The van der Waals surface area contributed by atoms with E-state index in [1.54, 1.807) is 20.0 Å². The van der Waals surface area contributed by atoms with Gasteiger partial charge in [-0.1, -0.05) is 6.07 Å². The Hall–Kier alpha value is -1.47. The van der Waals surface area contributed by atoms with Crippen LogP contribution in [0.15, 0.2) is 22.9 Å². The molecule has 0 atom stereocenters. The maximum atomic E-state index is 12.4. The number of nitrogens with one attached hydrogen (secondary N) is 1. The van der Waals surface area contributed by atoms with Crippen molar-refractivity contribution in [2.45, 2.75) is 50.9 Å². The number of halogens is 1. The number of carbonyl (C=O) groups excluding carboxylic acids is 2. The summed E-state index contributed by atoms with van der Waals surface area (Å²) in [6, 6.07) is 3.85. The van der Waals surface area contributed by atoms with Crippen molar-refractivity contribution in [1.29, 1.82) is 0 Å². The van der Waals surface area contributed by atoms with Crippen LogP contribution in [0, 0.1) is 0 Å². The fourth-order valence-electron chi connectivity index (χ4n) is 3.23. The Balaban J connectivity index is 1.50. The van der Waals surface area contributed by atoms with E-state index < -0.39 is 11.3 Å². The summed E-state index contributed by atoms with van der Waals surface area (Å²) < 4.78 is 6.74. The first-order valence-electron chi connectivity index (χ1n) is 8.21. The zero-order valence-corrected chi connectivity index (χ0v) is 15.6. The Labute approximate surface area is 150 Å². The number of likely N-dealkylation sites (tertiary alicyclic amines) is 1. The molecular weight excluding hydrogens is 374 g/mol. The third-order valence-electron chi connectivity index (χ3n) is 4.68. The fourth-order valence-corrected chi connectivity index (χ4v) is 3.46. The highest BCUT2D eigenvalue weighted by atomic mass is 79.9. The fraction of sp³-hybridized carbons (Fsp3) is 0.588. The van der Waals surface area contributed by atoms with Crippen LogP contribution in [0.25, 0.3) is 0 Å². The maximum Gasteiger partial charge on any atom is 0.253 e. The van der Waals surface area contributed by atoms with Crippen LogP contribution < -0.4 is 5.32 Å². The first kappa shape index (κ1) is 17.4. The lowest BCUT2D eigenvalue weighted by Gasteiger charge is -2.39. The average Bonchev–Trinajstić information content (AvgIpc) is 2.76. The van der Waals surface area contributed by atoms with E-state index in [1.165, 1.54) is 0 Å². The number of pyridine rings is 1. The molecule has 2 aliphatic heterocycles. The molecule has 2 aliphatic rings. The Morgan fingerprint density at radius 2 is 2.08 bits per heavy atom. The van der Waals surface area contributed by atoms with Crippen LogP contribution in [0.2, 0.25) is 0 Å². The highest BCUT2D eigenvalue weighted by Crippen LogP contribution is 2.34. The van der Waals surface area contributed by atoms with Crippen molar-refractivity contribution in [3.63, 3.8) is 0 Å². The normalized spacial score (nSPS) is 21.8. The van der Waals surface area contributed by atoms with Gasteiger partial charge in [0.15, 0.2) is 0 Å². The van der Waals surface area contributed by atoms with E-state index in [0.29, 0.717) is 38.8 Å². The molecule has 1 aromatic heterocycles. The van der Waals surface area contributed by atoms with Crippen LogP contribution in [0.5, 0.6) is 0 Å². The molecule has 0 aliphatic carbocycles. The third-order valence-corrected chi connectivity index (χ3v) is 5.15. The lowest BCUT2D eigenvalue weighted by atomic mass is 10.00. The van der Waals surface area contributed by atoms with Crippen molar-refractivity contribution in [3.05, 3.63) is 28.5 Å². The summed E-state index contributed by atoms with van der Waals surface area (Å²) in [7, 11) is 0. The number of aromatic nitrogens is 1. The predicted octanol–water partition coefficient (Wildman–Crippen LogP) is 2.02. The number of nitrogens with zero attached hydrogens (tertiary/aromatic N) is 2. The molecule has 0 bridgehead atoms. The molecule has 6 nitrogen and oxygen atoms in total. The highest BCUT2D eigenvalue weighted by molar-refractivity contribution is 9.10. The first-order valence-corrected chi connectivity index (χ1v) is 9.00. The topological polar surface area (TPSA) is 71.5 Å². The molecule has 0 unspecified atom stereocenters. The summed E-state index contributed by atoms with van der Waals surface area (Å²) >= 11 is 3.30. The quantitative estimate of drug-likeness (QED) is 0.794. The highest BCUT2D eigenvalue weighted by Gasteiger charge is 2.51. The van der Waals surface area contributed by atoms with Crippen molar-refractivity contribution in [2.75, 3.05) is 13.1 Å². The van der Waals surface area contributed by atoms with Gasteiger partial charge >= 0.3 is 0 Å². The summed E-state index contributed by atoms with van der Waals surface area (Å²) in [5.74, 6) is 0.0568. The van der Waals surface area contributed by atoms with Gasteiger partial charge < -0.3 is 15.0 Å². The molecular formula is C17H22BrN3O3. The summed E-state index contributed by atoms with van der Waals surface area (Å²) in [6.07, 6.45) is 4.20. The van der Waals surface area contributed by atoms with E-state index >= 15 is 0 Å². The number of aryl methyl sites for hydroxylation is 1. The first-order chi connectivity index (χ1) is 11.3. The molecule has 1 N–H and O–H groups in total. The van der Waals surface area contributed by atoms with Crippen LogP contribution in [-0.2, 0) is 20.7 Å². The molecule has 7 heteroatoms. The van der Waals surface area contributed by atoms with Gasteiger partial charge in [0.25, 0.3) is 5.91 Å². The van der Waals surface area contributed by atoms with Crippen LogP contribution >= 0.6 is 15.9 Å². The predicted molar refractivity (Wildman–Crippen MR) is 92.1 cm³/mol. The second-order valence-electron chi connectivity index (χ2n) is 6.93. The second-order valence-corrected chi connectivity index (χ2v) is 7.74. The van der Waals surface area contributed by atoms with Crippen molar-refractivity contribution < 1.29 is 14.3 Å². The minimum Gasteiger partial charge on any atom is -0.342 e. The monoisotopic (exact) mass is 395 g/mol. The molecule has 2 amide bonds. The maximum absolute atomic E-state index is 12.4. The largest absolute Gasteiger partial charge is 0.342 e. The van der Waals surface area contributed by atoms with Gasteiger partial charge in [0, 0.05) is 38.5 Å². The molecule has 24 heavy (non-hydrogen) atoms. The van der Waals surface area contributed by atoms with Gasteiger partial charge in [-0.15, -0.1) is 0 Å². The molecule has 2 fully saturated rings. The van der Waals surface area contributed by atoms with Crippen LogP contribution in [0.1, 0.15) is 38.7 Å². The van der Waals surface area contributed by atoms with Crippen molar-refractivity contribution in [1.82, 2.24) is 15.2 Å². The standard InChI is InChI=1S/C17H22BrN3O3/c1-16(2)15(23)20-17(24-16)7-9-21(10-8-17)14(22)6-4-12-3-5-13(18)19-11-12/h3,5,11H,4,6-10H2,1-2H3,(H,20,23). The average molecular weight is 396 g/mol. The van der Waals surface area contributed by atoms with Gasteiger partial charge in [-0.25, -0.2) is 4.98 Å². The molecule has 0 radical (unpaired) electrons. The second kappa shape index (κ2) is 6.44. The van der Waals surface area contributed by atoms with Crippen LogP contribution in [0.3, 0.4) is 0 Å². The lowest BCUT2D eigenvalue weighted by Crippen LogP contribution is -2.53. The molecule has 0 saturated carbocycles. The number of hydrogen-bond acceptors (Lipinski definition) is 4. The zero-order valence-electron chi connectivity index (χ0n) is 14.0. The number of amides is 2. The van der Waals surface area contributed by atoms with E-state index in [0.717, 1.165) is 10.2 Å². The summed E-state index contributed by atoms with van der Waals surface area (Å²) in [5, 5.41) is 2.97. The molecule has 130 valence electrons. The number of ether oxygens (including phenoxy) is 1. The van der Waals surface area contributed by atoms with Crippen LogP contribution in [0.4, 0.5) is 0 Å². The van der Waals surface area contributed by atoms with E-state index in [9.17, 15) is 9.59 Å². The zero-order chi connectivity index (χ0) is 17.4. The van der Waals surface area contributed by atoms with Gasteiger partial charge in [-0.05, 0) is 47.8 Å². The van der Waals surface area contributed by atoms with Gasteiger partial charge in [0.05, 0.1) is 0 Å². The molecule has 1 aromatic rings. The minimum atomic E-state index is -0.791. The summed E-state index contributed by atoms with van der Waals surface area (Å²) in [6.45, 7) is 4.77. The van der Waals surface area contributed by atoms with Crippen molar-refractivity contribution in [2.24, 2.45) is 0 Å². The van der Waals surface area contributed by atoms with Crippen molar-refractivity contribution >= 4 is 27.7 Å². The number of hydrogen-bond donors (Lipinski definition) is 1. The number of rotatable bonds is 3. The van der Waals surface area contributed by atoms with E-state index in [-0.39, 0.29) is 11.8 Å². The smallest absolute Gasteiger partial charge is 0.253 e. The van der Waals surface area contributed by atoms with Crippen molar-refractivity contribution in [3.8, 4) is 0 Å². The summed E-state index contributed by atoms with van der Waals surface area (Å²) in [5.41, 5.74) is -0.346. The Kier molecular flexibility index (Phi) is 4.66. The lowest BCUT2D eigenvalue weighted by molar-refractivity contribution is -0.147. The van der Waals surface area contributed by atoms with Gasteiger partial charge in [0.1, 0.15) is 15.9 Å². The molecule has 3 rings (SSSR count). The Bertz CT molecular complexity index is 637. The summed E-state index contributed by atoms with van der Waals surface area (Å²) in [4.78, 5) is 30.4. The molecule has 1 spiro atoms. The van der Waals surface area contributed by atoms with Gasteiger partial charge in [0.2, 0.25) is 5.91 Å². The van der Waals surface area contributed by atoms with E-state index in [4.69, 9.17) is 4.74 Å². The molecule has 3 heterocycles. The Morgan fingerprint density at radius 1 is 1.38 bits per heavy atom. The van der Waals surface area contributed by atoms with Crippen LogP contribution in [-0.4, -0.2) is 46.1 Å².